The summed E-state index contributed by atoms with van der Waals surface area (Å²) in [5.74, 6) is 1.11. The van der Waals surface area contributed by atoms with Crippen molar-refractivity contribution < 1.29 is 9.21 Å². The Balaban J connectivity index is 1.82. The van der Waals surface area contributed by atoms with E-state index in [-0.39, 0.29) is 11.9 Å². The number of rotatable bonds is 4. The van der Waals surface area contributed by atoms with Gasteiger partial charge in [-0.15, -0.1) is 0 Å². The van der Waals surface area contributed by atoms with E-state index >= 15 is 0 Å². The molecule has 0 radical (unpaired) electrons. The Labute approximate surface area is 106 Å². The van der Waals surface area contributed by atoms with Gasteiger partial charge in [0.25, 0.3) is 0 Å². The minimum absolute atomic E-state index is 0.138. The normalized spacial score (nSPS) is 16.6. The van der Waals surface area contributed by atoms with Crippen LogP contribution in [0.25, 0.3) is 0 Å². The number of likely N-dealkylation sites (tertiary alicyclic amines) is 1. The molecule has 1 aliphatic heterocycles. The van der Waals surface area contributed by atoms with Crippen molar-refractivity contribution in [3.05, 3.63) is 23.7 Å². The van der Waals surface area contributed by atoms with Crippen LogP contribution in [0, 0.1) is 11.3 Å². The van der Waals surface area contributed by atoms with Crippen LogP contribution >= 0.6 is 0 Å². The summed E-state index contributed by atoms with van der Waals surface area (Å²) in [5, 5.41) is 11.8. The smallest absolute Gasteiger partial charge is 0.239 e. The van der Waals surface area contributed by atoms with Crippen LogP contribution in [0.3, 0.4) is 0 Å². The Bertz CT molecular complexity index is 455. The number of carbonyl (C=O) groups excluding carboxylic acids is 1. The minimum Gasteiger partial charge on any atom is -0.449 e. The Morgan fingerprint density at radius 3 is 2.89 bits per heavy atom. The predicted molar refractivity (Wildman–Crippen MR) is 65.5 cm³/mol. The highest BCUT2D eigenvalue weighted by molar-refractivity contribution is 5.81. The van der Waals surface area contributed by atoms with Crippen LogP contribution in [0.1, 0.15) is 31.3 Å². The molecule has 18 heavy (non-hydrogen) atoms. The van der Waals surface area contributed by atoms with Gasteiger partial charge in [0.15, 0.2) is 0 Å². The summed E-state index contributed by atoms with van der Waals surface area (Å²) in [6.45, 7) is 4.05. The fourth-order valence-corrected chi connectivity index (χ4v) is 2.09. The lowest BCUT2D eigenvalue weighted by Gasteiger charge is -2.20. The molecule has 1 unspecified atom stereocenters. The molecule has 0 aliphatic carbocycles. The zero-order chi connectivity index (χ0) is 13.0. The van der Waals surface area contributed by atoms with Crippen molar-refractivity contribution >= 4 is 5.91 Å². The first-order chi connectivity index (χ1) is 8.70. The molecule has 1 saturated heterocycles. The first-order valence-corrected chi connectivity index (χ1v) is 6.21. The number of nitrogens with one attached hydrogen (secondary N) is 1. The molecule has 5 heteroatoms. The van der Waals surface area contributed by atoms with E-state index in [2.05, 4.69) is 5.32 Å². The number of nitrogens with zero attached hydrogens (tertiary/aromatic N) is 2. The molecule has 2 heterocycles. The largest absolute Gasteiger partial charge is 0.449 e. The SMILES string of the molecule is CC(NCc1ccc(C#N)o1)C(=O)N1CCCC1. The van der Waals surface area contributed by atoms with Crippen LogP contribution in [0.5, 0.6) is 0 Å². The minimum atomic E-state index is -0.223. The van der Waals surface area contributed by atoms with Crippen molar-refractivity contribution in [1.29, 1.82) is 5.26 Å². The summed E-state index contributed by atoms with van der Waals surface area (Å²) in [4.78, 5) is 13.9. The highest BCUT2D eigenvalue weighted by Gasteiger charge is 2.22. The molecular weight excluding hydrogens is 230 g/mol. The second-order valence-electron chi connectivity index (χ2n) is 4.51. The van der Waals surface area contributed by atoms with Gasteiger partial charge in [-0.05, 0) is 31.9 Å². The average molecular weight is 247 g/mol. The van der Waals surface area contributed by atoms with Gasteiger partial charge in [-0.1, -0.05) is 0 Å². The molecule has 0 spiro atoms. The second kappa shape index (κ2) is 5.69. The highest BCUT2D eigenvalue weighted by Crippen LogP contribution is 2.10. The topological polar surface area (TPSA) is 69.3 Å². The molecule has 1 fully saturated rings. The maximum atomic E-state index is 12.0. The molecule has 0 bridgehead atoms. The van der Waals surface area contributed by atoms with E-state index in [0.29, 0.717) is 18.1 Å². The maximum Gasteiger partial charge on any atom is 0.239 e. The molecule has 2 rings (SSSR count). The molecule has 1 aromatic heterocycles. The summed E-state index contributed by atoms with van der Waals surface area (Å²) >= 11 is 0. The highest BCUT2D eigenvalue weighted by atomic mass is 16.3. The van der Waals surface area contributed by atoms with Crippen molar-refractivity contribution in [1.82, 2.24) is 10.2 Å². The summed E-state index contributed by atoms with van der Waals surface area (Å²) in [7, 11) is 0. The summed E-state index contributed by atoms with van der Waals surface area (Å²) in [6.07, 6.45) is 2.20. The maximum absolute atomic E-state index is 12.0. The molecule has 1 aromatic rings. The second-order valence-corrected chi connectivity index (χ2v) is 4.51. The fourth-order valence-electron chi connectivity index (χ4n) is 2.09. The number of hydrogen-bond acceptors (Lipinski definition) is 4. The van der Waals surface area contributed by atoms with E-state index in [1.165, 1.54) is 0 Å². The Morgan fingerprint density at radius 1 is 1.56 bits per heavy atom. The van der Waals surface area contributed by atoms with Gasteiger partial charge in [-0.3, -0.25) is 10.1 Å². The van der Waals surface area contributed by atoms with Crippen molar-refractivity contribution in [2.75, 3.05) is 13.1 Å². The third-order valence-electron chi connectivity index (χ3n) is 3.14. The fraction of sp³-hybridized carbons (Fsp3) is 0.538. The van der Waals surface area contributed by atoms with Crippen LogP contribution in [-0.2, 0) is 11.3 Å². The third kappa shape index (κ3) is 2.90. The lowest BCUT2D eigenvalue weighted by atomic mass is 10.3. The number of carbonyl (C=O) groups is 1. The molecular formula is C13H17N3O2. The number of hydrogen-bond donors (Lipinski definition) is 1. The summed E-state index contributed by atoms with van der Waals surface area (Å²) in [5.41, 5.74) is 0. The Kier molecular flexibility index (Phi) is 4.00. The number of furan rings is 1. The predicted octanol–water partition coefficient (Wildman–Crippen LogP) is 1.25. The zero-order valence-electron chi connectivity index (χ0n) is 10.5. The van der Waals surface area contributed by atoms with Crippen LogP contribution in [0.2, 0.25) is 0 Å². The Morgan fingerprint density at radius 2 is 2.28 bits per heavy atom. The standard InChI is InChI=1S/C13H17N3O2/c1-10(13(17)16-6-2-3-7-16)15-9-12-5-4-11(8-14)18-12/h4-5,10,15H,2-3,6-7,9H2,1H3. The van der Waals surface area contributed by atoms with E-state index in [0.717, 1.165) is 25.9 Å². The van der Waals surface area contributed by atoms with Gasteiger partial charge in [0.1, 0.15) is 11.8 Å². The molecule has 1 amide bonds. The van der Waals surface area contributed by atoms with Gasteiger partial charge in [0.2, 0.25) is 11.7 Å². The van der Waals surface area contributed by atoms with E-state index in [9.17, 15) is 4.79 Å². The van der Waals surface area contributed by atoms with Gasteiger partial charge in [-0.25, -0.2) is 0 Å². The van der Waals surface area contributed by atoms with Gasteiger partial charge >= 0.3 is 0 Å². The molecule has 1 aliphatic rings. The number of amides is 1. The van der Waals surface area contributed by atoms with Crippen molar-refractivity contribution in [2.45, 2.75) is 32.4 Å². The quantitative estimate of drug-likeness (QED) is 0.869. The van der Waals surface area contributed by atoms with Gasteiger partial charge in [-0.2, -0.15) is 5.26 Å². The van der Waals surface area contributed by atoms with E-state index in [1.807, 2.05) is 17.9 Å². The molecule has 5 nitrogen and oxygen atoms in total. The van der Waals surface area contributed by atoms with Crippen LogP contribution in [0.15, 0.2) is 16.5 Å². The number of nitriles is 1. The molecule has 0 saturated carbocycles. The van der Waals surface area contributed by atoms with E-state index in [1.54, 1.807) is 12.1 Å². The zero-order valence-corrected chi connectivity index (χ0v) is 10.5. The van der Waals surface area contributed by atoms with Crippen LogP contribution < -0.4 is 5.32 Å². The Hall–Kier alpha value is -1.80. The third-order valence-corrected chi connectivity index (χ3v) is 3.14. The first-order valence-electron chi connectivity index (χ1n) is 6.21. The van der Waals surface area contributed by atoms with Gasteiger partial charge < -0.3 is 9.32 Å². The van der Waals surface area contributed by atoms with Crippen molar-refractivity contribution in [2.24, 2.45) is 0 Å². The molecule has 0 aromatic carbocycles. The molecule has 1 N–H and O–H groups in total. The van der Waals surface area contributed by atoms with Gasteiger partial charge in [0.05, 0.1) is 12.6 Å². The summed E-state index contributed by atoms with van der Waals surface area (Å²) < 4.78 is 5.24. The van der Waals surface area contributed by atoms with Crippen LogP contribution in [-0.4, -0.2) is 29.9 Å². The lowest BCUT2D eigenvalue weighted by molar-refractivity contribution is -0.132. The first kappa shape index (κ1) is 12.7. The van der Waals surface area contributed by atoms with Gasteiger partial charge in [0, 0.05) is 13.1 Å². The van der Waals surface area contributed by atoms with Crippen LogP contribution in [0.4, 0.5) is 0 Å². The lowest BCUT2D eigenvalue weighted by Crippen LogP contribution is -2.43. The monoisotopic (exact) mass is 247 g/mol. The average Bonchev–Trinajstić information content (AvgIpc) is 3.05. The van der Waals surface area contributed by atoms with Crippen molar-refractivity contribution in [3.8, 4) is 6.07 Å². The van der Waals surface area contributed by atoms with Crippen molar-refractivity contribution in [3.63, 3.8) is 0 Å². The molecule has 1 atom stereocenters. The summed E-state index contributed by atoms with van der Waals surface area (Å²) in [6, 6.07) is 5.09. The van der Waals surface area contributed by atoms with E-state index in [4.69, 9.17) is 9.68 Å². The molecule has 96 valence electrons. The van der Waals surface area contributed by atoms with E-state index < -0.39 is 0 Å².